The SMILES string of the molecule is CCC(Nc1nc(NC)ccc1[N+](=O)[O-])c1cccs1. The summed E-state index contributed by atoms with van der Waals surface area (Å²) in [6.07, 6.45) is 0.823. The van der Waals surface area contributed by atoms with Crippen LogP contribution in [0.4, 0.5) is 17.3 Å². The number of thiophene rings is 1. The van der Waals surface area contributed by atoms with E-state index in [1.807, 2.05) is 24.4 Å². The number of hydrogen-bond acceptors (Lipinski definition) is 6. The van der Waals surface area contributed by atoms with E-state index in [4.69, 9.17) is 0 Å². The van der Waals surface area contributed by atoms with Gasteiger partial charge in [0.1, 0.15) is 5.82 Å². The molecular formula is C13H16N4O2S. The summed E-state index contributed by atoms with van der Waals surface area (Å²) in [6, 6.07) is 7.06. The van der Waals surface area contributed by atoms with Crippen LogP contribution in [-0.4, -0.2) is 17.0 Å². The Morgan fingerprint density at radius 2 is 2.25 bits per heavy atom. The molecule has 20 heavy (non-hydrogen) atoms. The van der Waals surface area contributed by atoms with Gasteiger partial charge in [-0.05, 0) is 23.9 Å². The van der Waals surface area contributed by atoms with Gasteiger partial charge in [0, 0.05) is 18.0 Å². The number of rotatable bonds is 6. The van der Waals surface area contributed by atoms with Crippen LogP contribution in [0.25, 0.3) is 0 Å². The van der Waals surface area contributed by atoms with Crippen LogP contribution < -0.4 is 10.6 Å². The molecular weight excluding hydrogens is 276 g/mol. The third-order valence-corrected chi connectivity index (χ3v) is 3.92. The molecule has 0 saturated carbocycles. The Morgan fingerprint density at radius 3 is 2.80 bits per heavy atom. The van der Waals surface area contributed by atoms with E-state index in [1.54, 1.807) is 24.5 Å². The number of hydrogen-bond donors (Lipinski definition) is 2. The minimum atomic E-state index is -0.421. The Labute approximate surface area is 121 Å². The third kappa shape index (κ3) is 3.05. The molecule has 0 aromatic carbocycles. The monoisotopic (exact) mass is 292 g/mol. The van der Waals surface area contributed by atoms with Crippen LogP contribution >= 0.6 is 11.3 Å². The van der Waals surface area contributed by atoms with Crippen LogP contribution in [0, 0.1) is 10.1 Å². The first-order valence-electron chi connectivity index (χ1n) is 6.28. The lowest BCUT2D eigenvalue weighted by Crippen LogP contribution is -2.11. The highest BCUT2D eigenvalue weighted by atomic mass is 32.1. The van der Waals surface area contributed by atoms with Crippen LogP contribution in [0.2, 0.25) is 0 Å². The molecule has 0 aliphatic heterocycles. The van der Waals surface area contributed by atoms with Crippen LogP contribution in [0.5, 0.6) is 0 Å². The van der Waals surface area contributed by atoms with Crippen molar-refractivity contribution in [2.75, 3.05) is 17.7 Å². The number of nitrogens with zero attached hydrogens (tertiary/aromatic N) is 2. The summed E-state index contributed by atoms with van der Waals surface area (Å²) in [5.41, 5.74) is -0.0148. The number of nitro groups is 1. The largest absolute Gasteiger partial charge is 0.373 e. The van der Waals surface area contributed by atoms with Gasteiger partial charge in [-0.15, -0.1) is 11.3 Å². The first-order chi connectivity index (χ1) is 9.65. The van der Waals surface area contributed by atoms with Crippen molar-refractivity contribution in [1.29, 1.82) is 0 Å². The Hall–Kier alpha value is -2.15. The Morgan fingerprint density at radius 1 is 1.45 bits per heavy atom. The summed E-state index contributed by atoms with van der Waals surface area (Å²) in [5, 5.41) is 19.1. The summed E-state index contributed by atoms with van der Waals surface area (Å²) in [5.74, 6) is 0.890. The molecule has 7 heteroatoms. The van der Waals surface area contributed by atoms with Gasteiger partial charge in [0.25, 0.3) is 0 Å². The number of pyridine rings is 1. The highest BCUT2D eigenvalue weighted by molar-refractivity contribution is 7.10. The molecule has 0 aliphatic rings. The average molecular weight is 292 g/mol. The maximum absolute atomic E-state index is 11.1. The molecule has 2 heterocycles. The fourth-order valence-electron chi connectivity index (χ4n) is 1.87. The highest BCUT2D eigenvalue weighted by Gasteiger charge is 2.20. The molecule has 106 valence electrons. The number of aromatic nitrogens is 1. The van der Waals surface area contributed by atoms with Crippen molar-refractivity contribution in [3.63, 3.8) is 0 Å². The van der Waals surface area contributed by atoms with E-state index in [0.717, 1.165) is 11.3 Å². The smallest absolute Gasteiger partial charge is 0.311 e. The van der Waals surface area contributed by atoms with Gasteiger partial charge >= 0.3 is 5.69 Å². The highest BCUT2D eigenvalue weighted by Crippen LogP contribution is 2.30. The molecule has 0 bridgehead atoms. The van der Waals surface area contributed by atoms with E-state index in [0.29, 0.717) is 11.6 Å². The summed E-state index contributed by atoms with van der Waals surface area (Å²) in [7, 11) is 1.73. The molecule has 0 fully saturated rings. The molecule has 1 atom stereocenters. The second-order valence-corrected chi connectivity index (χ2v) is 5.17. The van der Waals surface area contributed by atoms with Gasteiger partial charge in [-0.3, -0.25) is 10.1 Å². The van der Waals surface area contributed by atoms with Gasteiger partial charge < -0.3 is 10.6 Å². The zero-order valence-electron chi connectivity index (χ0n) is 11.3. The summed E-state index contributed by atoms with van der Waals surface area (Å²) < 4.78 is 0. The Balaban J connectivity index is 2.33. The van der Waals surface area contributed by atoms with Crippen molar-refractivity contribution in [3.8, 4) is 0 Å². The maximum Gasteiger partial charge on any atom is 0.311 e. The predicted octanol–water partition coefficient (Wildman–Crippen LogP) is 3.66. The molecule has 0 aliphatic carbocycles. The van der Waals surface area contributed by atoms with Crippen molar-refractivity contribution < 1.29 is 4.92 Å². The van der Waals surface area contributed by atoms with E-state index in [2.05, 4.69) is 15.6 Å². The van der Waals surface area contributed by atoms with E-state index < -0.39 is 4.92 Å². The maximum atomic E-state index is 11.1. The van der Waals surface area contributed by atoms with Crippen molar-refractivity contribution in [2.45, 2.75) is 19.4 Å². The minimum absolute atomic E-state index is 0.0148. The Kier molecular flexibility index (Phi) is 4.52. The van der Waals surface area contributed by atoms with Crippen molar-refractivity contribution in [3.05, 3.63) is 44.6 Å². The second kappa shape index (κ2) is 6.33. The fraction of sp³-hybridized carbons (Fsp3) is 0.308. The average Bonchev–Trinajstić information content (AvgIpc) is 2.98. The van der Waals surface area contributed by atoms with Gasteiger partial charge in [0.2, 0.25) is 5.82 Å². The summed E-state index contributed by atoms with van der Waals surface area (Å²) in [4.78, 5) is 16.1. The van der Waals surface area contributed by atoms with E-state index in [1.165, 1.54) is 6.07 Å². The van der Waals surface area contributed by atoms with Gasteiger partial charge in [0.05, 0.1) is 11.0 Å². The molecule has 2 aromatic heterocycles. The minimum Gasteiger partial charge on any atom is -0.373 e. The quantitative estimate of drug-likeness (QED) is 0.627. The van der Waals surface area contributed by atoms with Crippen LogP contribution in [-0.2, 0) is 0 Å². The third-order valence-electron chi connectivity index (χ3n) is 2.93. The molecule has 2 rings (SSSR count). The fourth-order valence-corrected chi connectivity index (χ4v) is 2.73. The molecule has 1 unspecified atom stereocenters. The molecule has 0 saturated heterocycles. The lowest BCUT2D eigenvalue weighted by Gasteiger charge is -2.16. The van der Waals surface area contributed by atoms with Gasteiger partial charge in [-0.25, -0.2) is 4.98 Å². The molecule has 0 amide bonds. The van der Waals surface area contributed by atoms with E-state index in [9.17, 15) is 10.1 Å². The number of anilines is 2. The molecule has 0 spiro atoms. The summed E-state index contributed by atoms with van der Waals surface area (Å²) >= 11 is 1.62. The van der Waals surface area contributed by atoms with Crippen molar-refractivity contribution in [1.82, 2.24) is 4.98 Å². The van der Waals surface area contributed by atoms with E-state index in [-0.39, 0.29) is 11.7 Å². The van der Waals surface area contributed by atoms with Gasteiger partial charge in [0.15, 0.2) is 0 Å². The second-order valence-electron chi connectivity index (χ2n) is 4.19. The standard InChI is InChI=1S/C13H16N4O2S/c1-3-9(11-5-4-8-20-11)15-13-10(17(18)19)6-7-12(14-2)16-13/h4-9H,3H2,1-2H3,(H2,14,15,16). The number of nitrogens with one attached hydrogen (secondary N) is 2. The zero-order chi connectivity index (χ0) is 14.5. The lowest BCUT2D eigenvalue weighted by atomic mass is 10.2. The first-order valence-corrected chi connectivity index (χ1v) is 7.16. The summed E-state index contributed by atoms with van der Waals surface area (Å²) in [6.45, 7) is 2.03. The van der Waals surface area contributed by atoms with Crippen LogP contribution in [0.15, 0.2) is 29.6 Å². The zero-order valence-corrected chi connectivity index (χ0v) is 12.1. The molecule has 2 N–H and O–H groups in total. The van der Waals surface area contributed by atoms with Crippen molar-refractivity contribution >= 4 is 28.7 Å². The van der Waals surface area contributed by atoms with Crippen molar-refractivity contribution in [2.24, 2.45) is 0 Å². The predicted molar refractivity (Wildman–Crippen MR) is 81.4 cm³/mol. The van der Waals surface area contributed by atoms with Gasteiger partial charge in [-0.2, -0.15) is 0 Å². The van der Waals surface area contributed by atoms with Crippen LogP contribution in [0.1, 0.15) is 24.3 Å². The molecule has 6 nitrogen and oxygen atoms in total. The van der Waals surface area contributed by atoms with Crippen LogP contribution in [0.3, 0.4) is 0 Å². The first kappa shape index (κ1) is 14.3. The van der Waals surface area contributed by atoms with E-state index >= 15 is 0 Å². The molecule has 0 radical (unpaired) electrons. The Bertz CT molecular complexity index is 586. The van der Waals surface area contributed by atoms with Gasteiger partial charge in [-0.1, -0.05) is 13.0 Å². The lowest BCUT2D eigenvalue weighted by molar-refractivity contribution is -0.384. The topological polar surface area (TPSA) is 80.1 Å². The normalized spacial score (nSPS) is 11.9. The molecule has 2 aromatic rings.